The predicted molar refractivity (Wildman–Crippen MR) is 124 cm³/mol. The molecule has 1 unspecified atom stereocenters. The summed E-state index contributed by atoms with van der Waals surface area (Å²) in [6.07, 6.45) is 9.86. The van der Waals surface area contributed by atoms with Crippen LogP contribution in [0.1, 0.15) is 36.6 Å². The Labute approximate surface area is 175 Å². The van der Waals surface area contributed by atoms with Crippen molar-refractivity contribution in [2.45, 2.75) is 13.0 Å². The third-order valence-electron chi connectivity index (χ3n) is 5.04. The Balaban J connectivity index is 1.79. The summed E-state index contributed by atoms with van der Waals surface area (Å²) in [5.74, 6) is 0. The van der Waals surface area contributed by atoms with Gasteiger partial charge in [0.15, 0.2) is 0 Å². The van der Waals surface area contributed by atoms with E-state index in [1.807, 2.05) is 67.6 Å². The Hall–Kier alpha value is -3.70. The van der Waals surface area contributed by atoms with Gasteiger partial charge in [-0.25, -0.2) is 9.97 Å². The average Bonchev–Trinajstić information content (AvgIpc) is 3.51. The van der Waals surface area contributed by atoms with Gasteiger partial charge in [0, 0.05) is 29.2 Å². The highest BCUT2D eigenvalue weighted by Crippen LogP contribution is 2.20. The zero-order valence-corrected chi connectivity index (χ0v) is 16.8. The Kier molecular flexibility index (Phi) is 4.36. The zero-order valence-electron chi connectivity index (χ0n) is 17.8. The second-order valence-corrected chi connectivity index (χ2v) is 7.35. The minimum atomic E-state index is 0.0150. The van der Waals surface area contributed by atoms with Crippen molar-refractivity contribution in [1.29, 1.82) is 0 Å². The summed E-state index contributed by atoms with van der Waals surface area (Å²) in [7, 11) is 1.69. The van der Waals surface area contributed by atoms with E-state index in [1.165, 1.54) is 0 Å². The summed E-state index contributed by atoms with van der Waals surface area (Å²) in [5.41, 5.74) is 7.88. The van der Waals surface area contributed by atoms with E-state index in [1.54, 1.807) is 13.2 Å². The predicted octanol–water partition coefficient (Wildman–Crippen LogP) is 5.70. The van der Waals surface area contributed by atoms with Crippen molar-refractivity contribution < 1.29 is 6.11 Å². The maximum atomic E-state index is 8.28. The van der Waals surface area contributed by atoms with Gasteiger partial charge >= 0.3 is 0 Å². The number of nitrogens with one attached hydrogen (secondary N) is 2. The fourth-order valence-corrected chi connectivity index (χ4v) is 3.43. The monoisotopic (exact) mass is 395 g/mol. The van der Waals surface area contributed by atoms with E-state index < -0.39 is 0 Å². The average molecular weight is 395 g/mol. The van der Waals surface area contributed by atoms with Crippen LogP contribution in [0.5, 0.6) is 0 Å². The molecular formula is C25H22N4O. The number of hydrogen-bond acceptors (Lipinski definition) is 3. The van der Waals surface area contributed by atoms with Gasteiger partial charge in [-0.15, -0.1) is 0 Å². The molecule has 2 aliphatic heterocycles. The third-order valence-corrected chi connectivity index (χ3v) is 5.04. The lowest BCUT2D eigenvalue weighted by Gasteiger charge is -2.00. The van der Waals surface area contributed by atoms with Crippen LogP contribution < -0.4 is 0 Å². The molecule has 148 valence electrons. The van der Waals surface area contributed by atoms with Crippen LogP contribution in [0.2, 0.25) is 0 Å². The molecule has 2 N–H and O–H groups in total. The smallest absolute Gasteiger partial charge is 0.0727 e. The third kappa shape index (κ3) is 3.88. The molecule has 0 saturated carbocycles. The first-order valence-corrected chi connectivity index (χ1v) is 9.86. The molecule has 0 radical (unpaired) electrons. The van der Waals surface area contributed by atoms with Gasteiger partial charge in [0.1, 0.15) is 0 Å². The summed E-state index contributed by atoms with van der Waals surface area (Å²) in [6, 6.07) is 14.3. The summed E-state index contributed by atoms with van der Waals surface area (Å²) >= 11 is 0. The van der Waals surface area contributed by atoms with Crippen molar-refractivity contribution in [3.8, 4) is 0 Å². The van der Waals surface area contributed by atoms with E-state index in [-0.39, 0.29) is 6.10 Å². The van der Waals surface area contributed by atoms with E-state index in [9.17, 15) is 0 Å². The molecule has 30 heavy (non-hydrogen) atoms. The molecular weight excluding hydrogens is 372 g/mol. The van der Waals surface area contributed by atoms with Crippen LogP contribution in [0.25, 0.3) is 52.4 Å². The molecule has 3 aromatic heterocycles. The number of ether oxygens (including phenoxy) is 1. The standard InChI is InChI=1S/C25H22N4O/c1-16(30-2)3-4-17-11-24-14-22-8-7-20(27-22)12-18-5-6-19(26-18)13-21-9-10-23(28-21)15-25(17)29-24/h3-16,26,29H,1-2H3/b4-3+,18-12?,19-13?,20-12?,21-13?,22-14?,23-15?,24-14?,25-15?/i7D. The summed E-state index contributed by atoms with van der Waals surface area (Å²) < 4.78 is 13.6. The molecule has 0 aromatic carbocycles. The van der Waals surface area contributed by atoms with Crippen LogP contribution in [0.4, 0.5) is 0 Å². The Morgan fingerprint density at radius 2 is 1.53 bits per heavy atom. The number of methoxy groups -OCH3 is 1. The highest BCUT2D eigenvalue weighted by atomic mass is 16.5. The number of fused-ring (bicyclic) bond motifs is 8. The normalized spacial score (nSPS) is 14.7. The molecule has 5 rings (SSSR count). The SMILES string of the molecule is [2H]C1=Cc2cc3cc(/C=C/C(C)OC)c(cc4nc(cc5ccc(cc1n2)[nH]5)C=C4)[nH]3. The Bertz CT molecular complexity index is 1410. The molecule has 0 spiro atoms. The Morgan fingerprint density at radius 1 is 0.867 bits per heavy atom. The first-order valence-electron chi connectivity index (χ1n) is 10.4. The molecule has 5 nitrogen and oxygen atoms in total. The second kappa shape index (κ2) is 7.61. The van der Waals surface area contributed by atoms with Crippen LogP contribution in [-0.4, -0.2) is 33.1 Å². The molecule has 5 heteroatoms. The van der Waals surface area contributed by atoms with Gasteiger partial charge in [0.2, 0.25) is 0 Å². The number of aromatic amines is 2. The van der Waals surface area contributed by atoms with Crippen LogP contribution in [0, 0.1) is 0 Å². The van der Waals surface area contributed by atoms with E-state index >= 15 is 0 Å². The van der Waals surface area contributed by atoms with E-state index in [0.29, 0.717) is 11.7 Å². The maximum Gasteiger partial charge on any atom is 0.0727 e. The molecule has 0 amide bonds. The summed E-state index contributed by atoms with van der Waals surface area (Å²) in [4.78, 5) is 16.1. The molecule has 8 bridgehead atoms. The summed E-state index contributed by atoms with van der Waals surface area (Å²) in [6.45, 7) is 2.00. The van der Waals surface area contributed by atoms with Crippen molar-refractivity contribution in [3.05, 3.63) is 76.9 Å². The fraction of sp³-hybridized carbons (Fsp3) is 0.120. The van der Waals surface area contributed by atoms with Crippen LogP contribution >= 0.6 is 0 Å². The van der Waals surface area contributed by atoms with E-state index in [0.717, 1.165) is 44.7 Å². The van der Waals surface area contributed by atoms with Gasteiger partial charge in [0.25, 0.3) is 0 Å². The van der Waals surface area contributed by atoms with Crippen LogP contribution in [-0.2, 0) is 4.74 Å². The number of hydrogen-bond donors (Lipinski definition) is 2. The number of H-pyrrole nitrogens is 2. The lowest BCUT2D eigenvalue weighted by molar-refractivity contribution is 0.157. The lowest BCUT2D eigenvalue weighted by Crippen LogP contribution is -1.98. The molecule has 3 aromatic rings. The van der Waals surface area contributed by atoms with Gasteiger partial charge in [-0.1, -0.05) is 12.2 Å². The molecule has 0 aliphatic carbocycles. The van der Waals surface area contributed by atoms with Crippen LogP contribution in [0.15, 0.2) is 48.5 Å². The van der Waals surface area contributed by atoms with Crippen molar-refractivity contribution in [3.63, 3.8) is 0 Å². The summed E-state index contributed by atoms with van der Waals surface area (Å²) in [5, 5.41) is 0. The molecule has 5 heterocycles. The van der Waals surface area contributed by atoms with Gasteiger partial charge in [-0.3, -0.25) is 0 Å². The molecule has 0 fully saturated rings. The highest BCUT2D eigenvalue weighted by Gasteiger charge is 2.04. The van der Waals surface area contributed by atoms with Crippen molar-refractivity contribution in [2.24, 2.45) is 0 Å². The zero-order chi connectivity index (χ0) is 21.4. The first-order chi connectivity index (χ1) is 15.1. The number of rotatable bonds is 3. The van der Waals surface area contributed by atoms with Crippen LogP contribution in [0.3, 0.4) is 0 Å². The topological polar surface area (TPSA) is 66.6 Å². The largest absolute Gasteiger partial charge is 0.378 e. The molecule has 0 saturated heterocycles. The quantitative estimate of drug-likeness (QED) is 0.467. The van der Waals surface area contributed by atoms with Gasteiger partial charge < -0.3 is 14.7 Å². The molecule has 2 aliphatic rings. The van der Waals surface area contributed by atoms with E-state index in [2.05, 4.69) is 21.0 Å². The minimum absolute atomic E-state index is 0.0150. The fourth-order valence-electron chi connectivity index (χ4n) is 3.43. The molecule has 1 atom stereocenters. The van der Waals surface area contributed by atoms with Crippen molar-refractivity contribution >= 4 is 52.4 Å². The maximum absolute atomic E-state index is 8.28. The number of nitrogens with zero attached hydrogens (tertiary/aromatic N) is 2. The van der Waals surface area contributed by atoms with Crippen molar-refractivity contribution in [2.75, 3.05) is 7.11 Å². The van der Waals surface area contributed by atoms with Crippen molar-refractivity contribution in [1.82, 2.24) is 19.9 Å². The van der Waals surface area contributed by atoms with Gasteiger partial charge in [-0.2, -0.15) is 0 Å². The second-order valence-electron chi connectivity index (χ2n) is 7.35. The lowest BCUT2D eigenvalue weighted by atomic mass is 10.2. The minimum Gasteiger partial charge on any atom is -0.378 e. The highest BCUT2D eigenvalue weighted by molar-refractivity contribution is 5.81. The van der Waals surface area contributed by atoms with Gasteiger partial charge in [0.05, 0.1) is 30.3 Å². The van der Waals surface area contributed by atoms with E-state index in [4.69, 9.17) is 11.1 Å². The first kappa shape index (κ1) is 17.2. The van der Waals surface area contributed by atoms with Gasteiger partial charge in [-0.05, 0) is 79.2 Å². The Morgan fingerprint density at radius 3 is 2.33 bits per heavy atom. The number of aromatic nitrogens is 4.